The van der Waals surface area contributed by atoms with Crippen molar-refractivity contribution in [2.45, 2.75) is 71.9 Å². The molecule has 0 radical (unpaired) electrons. The lowest BCUT2D eigenvalue weighted by Crippen LogP contribution is -2.48. The summed E-state index contributed by atoms with van der Waals surface area (Å²) >= 11 is 0. The van der Waals surface area contributed by atoms with E-state index in [0.29, 0.717) is 5.41 Å². The van der Waals surface area contributed by atoms with E-state index in [1.54, 1.807) is 0 Å². The Labute approximate surface area is 114 Å². The molecule has 106 valence electrons. The molecule has 2 unspecified atom stereocenters. The summed E-state index contributed by atoms with van der Waals surface area (Å²) in [6.07, 6.45) is 6.98. The lowest BCUT2D eigenvalue weighted by Gasteiger charge is -2.40. The van der Waals surface area contributed by atoms with Crippen LogP contribution >= 0.6 is 0 Å². The van der Waals surface area contributed by atoms with Gasteiger partial charge in [0, 0.05) is 25.2 Å². The van der Waals surface area contributed by atoms with Gasteiger partial charge in [0.1, 0.15) is 0 Å². The second-order valence-corrected chi connectivity index (χ2v) is 7.54. The molecule has 18 heavy (non-hydrogen) atoms. The topological polar surface area (TPSA) is 15.3 Å². The van der Waals surface area contributed by atoms with Crippen molar-refractivity contribution in [2.75, 3.05) is 19.6 Å². The van der Waals surface area contributed by atoms with Crippen LogP contribution in [-0.4, -0.2) is 36.6 Å². The van der Waals surface area contributed by atoms with E-state index in [2.05, 4.69) is 37.9 Å². The summed E-state index contributed by atoms with van der Waals surface area (Å²) < 4.78 is 0. The van der Waals surface area contributed by atoms with Crippen molar-refractivity contribution in [3.63, 3.8) is 0 Å². The summed E-state index contributed by atoms with van der Waals surface area (Å²) in [5, 5.41) is 3.67. The van der Waals surface area contributed by atoms with E-state index in [-0.39, 0.29) is 0 Å². The Morgan fingerprint density at radius 3 is 2.50 bits per heavy atom. The van der Waals surface area contributed by atoms with E-state index in [1.807, 2.05) is 0 Å². The molecule has 2 heteroatoms. The first-order valence-electron chi connectivity index (χ1n) is 7.96. The number of nitrogens with one attached hydrogen (secondary N) is 1. The summed E-state index contributed by atoms with van der Waals surface area (Å²) in [6, 6.07) is 1.56. The third-order valence-corrected chi connectivity index (χ3v) is 4.86. The van der Waals surface area contributed by atoms with Gasteiger partial charge in [-0.1, -0.05) is 34.1 Å². The van der Waals surface area contributed by atoms with Gasteiger partial charge >= 0.3 is 0 Å². The van der Waals surface area contributed by atoms with E-state index in [9.17, 15) is 0 Å². The minimum atomic E-state index is 0.521. The maximum Gasteiger partial charge on any atom is 0.0195 e. The number of nitrogens with zero attached hydrogens (tertiary/aromatic N) is 1. The minimum absolute atomic E-state index is 0.521. The zero-order valence-corrected chi connectivity index (χ0v) is 12.8. The van der Waals surface area contributed by atoms with Crippen LogP contribution in [0.25, 0.3) is 0 Å². The molecule has 2 nitrogen and oxygen atoms in total. The van der Waals surface area contributed by atoms with Gasteiger partial charge in [0.05, 0.1) is 0 Å². The number of rotatable bonds is 5. The molecule has 0 aromatic heterocycles. The first-order chi connectivity index (χ1) is 8.49. The number of hydrogen-bond donors (Lipinski definition) is 1. The van der Waals surface area contributed by atoms with Gasteiger partial charge in [-0.15, -0.1) is 0 Å². The molecule has 2 aliphatic rings. The average molecular weight is 252 g/mol. The van der Waals surface area contributed by atoms with Crippen LogP contribution in [0, 0.1) is 11.3 Å². The molecule has 0 aromatic rings. The fourth-order valence-electron chi connectivity index (χ4n) is 3.98. The molecule has 1 N–H and O–H groups in total. The summed E-state index contributed by atoms with van der Waals surface area (Å²) in [5.41, 5.74) is 0.521. The van der Waals surface area contributed by atoms with E-state index in [1.165, 1.54) is 51.7 Å². The highest BCUT2D eigenvalue weighted by Gasteiger charge is 2.39. The van der Waals surface area contributed by atoms with Crippen molar-refractivity contribution >= 4 is 0 Å². The van der Waals surface area contributed by atoms with Gasteiger partial charge in [-0.25, -0.2) is 0 Å². The fourth-order valence-corrected chi connectivity index (χ4v) is 3.98. The molecule has 1 saturated carbocycles. The highest BCUT2D eigenvalue weighted by atomic mass is 15.2. The van der Waals surface area contributed by atoms with Crippen LogP contribution in [0.3, 0.4) is 0 Å². The summed E-state index contributed by atoms with van der Waals surface area (Å²) in [4.78, 5) is 2.81. The van der Waals surface area contributed by atoms with Gasteiger partial charge in [0.2, 0.25) is 0 Å². The maximum absolute atomic E-state index is 3.67. The van der Waals surface area contributed by atoms with Crippen molar-refractivity contribution in [1.82, 2.24) is 10.2 Å². The zero-order valence-electron chi connectivity index (χ0n) is 12.8. The van der Waals surface area contributed by atoms with Crippen LogP contribution in [-0.2, 0) is 0 Å². The number of hydrogen-bond acceptors (Lipinski definition) is 2. The van der Waals surface area contributed by atoms with E-state index in [4.69, 9.17) is 0 Å². The van der Waals surface area contributed by atoms with Crippen LogP contribution in [0.2, 0.25) is 0 Å². The van der Waals surface area contributed by atoms with Gasteiger partial charge in [0.25, 0.3) is 0 Å². The monoisotopic (exact) mass is 252 g/mol. The molecule has 1 heterocycles. The molecule has 0 amide bonds. The van der Waals surface area contributed by atoms with Crippen molar-refractivity contribution in [1.29, 1.82) is 0 Å². The van der Waals surface area contributed by atoms with E-state index in [0.717, 1.165) is 18.0 Å². The predicted octanol–water partition coefficient (Wildman–Crippen LogP) is 3.28. The zero-order chi connectivity index (χ0) is 13.2. The second kappa shape index (κ2) is 5.92. The molecule has 1 aliphatic carbocycles. The molecule has 1 saturated heterocycles. The lowest BCUT2D eigenvalue weighted by atomic mass is 9.85. The second-order valence-electron chi connectivity index (χ2n) is 7.54. The van der Waals surface area contributed by atoms with Gasteiger partial charge in [-0.2, -0.15) is 0 Å². The van der Waals surface area contributed by atoms with Crippen LogP contribution in [0.4, 0.5) is 0 Å². The molecule has 0 bridgehead atoms. The Bertz CT molecular complexity index is 254. The maximum atomic E-state index is 3.67. The SMILES string of the molecule is CC(C)CN(CC1CCCN1)C1CCCC1(C)C. The minimum Gasteiger partial charge on any atom is -0.313 e. The summed E-state index contributed by atoms with van der Waals surface area (Å²) in [7, 11) is 0. The van der Waals surface area contributed by atoms with Gasteiger partial charge in [0.15, 0.2) is 0 Å². The van der Waals surface area contributed by atoms with Gasteiger partial charge in [-0.05, 0) is 43.6 Å². The van der Waals surface area contributed by atoms with Crippen LogP contribution in [0.15, 0.2) is 0 Å². The van der Waals surface area contributed by atoms with Gasteiger partial charge in [-0.3, -0.25) is 4.90 Å². The Morgan fingerprint density at radius 2 is 2.00 bits per heavy atom. The smallest absolute Gasteiger partial charge is 0.0195 e. The first kappa shape index (κ1) is 14.3. The Morgan fingerprint density at radius 1 is 1.22 bits per heavy atom. The van der Waals surface area contributed by atoms with Crippen LogP contribution in [0.1, 0.15) is 59.8 Å². The molecule has 2 fully saturated rings. The molecular formula is C16H32N2. The highest BCUT2D eigenvalue weighted by molar-refractivity contribution is 4.94. The molecular weight excluding hydrogens is 220 g/mol. The summed E-state index contributed by atoms with van der Waals surface area (Å²) in [5.74, 6) is 0.780. The lowest BCUT2D eigenvalue weighted by molar-refractivity contribution is 0.0916. The third-order valence-electron chi connectivity index (χ3n) is 4.86. The van der Waals surface area contributed by atoms with E-state index >= 15 is 0 Å². The van der Waals surface area contributed by atoms with Crippen LogP contribution < -0.4 is 5.32 Å². The van der Waals surface area contributed by atoms with E-state index < -0.39 is 0 Å². The normalized spacial score (nSPS) is 31.7. The quantitative estimate of drug-likeness (QED) is 0.808. The Balaban J connectivity index is 1.99. The molecule has 0 spiro atoms. The highest BCUT2D eigenvalue weighted by Crippen LogP contribution is 2.40. The predicted molar refractivity (Wildman–Crippen MR) is 78.9 cm³/mol. The first-order valence-corrected chi connectivity index (χ1v) is 7.96. The molecule has 2 atom stereocenters. The average Bonchev–Trinajstić information content (AvgIpc) is 2.85. The third kappa shape index (κ3) is 3.48. The molecule has 1 aliphatic heterocycles. The standard InChI is InChI=1S/C16H32N2/c1-13(2)11-18(12-14-7-6-10-17-14)15-8-5-9-16(15,3)4/h13-15,17H,5-12H2,1-4H3. The van der Waals surface area contributed by atoms with Crippen molar-refractivity contribution in [3.8, 4) is 0 Å². The largest absolute Gasteiger partial charge is 0.313 e. The Hall–Kier alpha value is -0.0800. The van der Waals surface area contributed by atoms with Crippen LogP contribution in [0.5, 0.6) is 0 Å². The molecule has 0 aromatic carbocycles. The Kier molecular flexibility index (Phi) is 4.71. The van der Waals surface area contributed by atoms with Crippen molar-refractivity contribution in [3.05, 3.63) is 0 Å². The molecule has 2 rings (SSSR count). The van der Waals surface area contributed by atoms with Gasteiger partial charge < -0.3 is 5.32 Å². The summed E-state index contributed by atoms with van der Waals surface area (Å²) in [6.45, 7) is 13.4. The fraction of sp³-hybridized carbons (Fsp3) is 1.00. The van der Waals surface area contributed by atoms with Crippen molar-refractivity contribution in [2.24, 2.45) is 11.3 Å². The van der Waals surface area contributed by atoms with Crippen molar-refractivity contribution < 1.29 is 0 Å².